The zero-order chi connectivity index (χ0) is 15.4. The molecule has 0 radical (unpaired) electrons. The average molecular weight is 292 g/mol. The number of carbonyl (C=O) groups is 3. The highest BCUT2D eigenvalue weighted by Crippen LogP contribution is 2.25. The first kappa shape index (κ1) is 14.8. The van der Waals surface area contributed by atoms with E-state index in [2.05, 4.69) is 10.9 Å². The van der Waals surface area contributed by atoms with Crippen LogP contribution in [0.3, 0.4) is 0 Å². The van der Waals surface area contributed by atoms with Crippen LogP contribution in [0.4, 0.5) is 0 Å². The Bertz CT molecular complexity index is 590. The molecule has 1 aliphatic carbocycles. The topological polar surface area (TPSA) is 109 Å². The van der Waals surface area contributed by atoms with Crippen LogP contribution in [-0.2, 0) is 9.59 Å². The Morgan fingerprint density at radius 2 is 1.86 bits per heavy atom. The van der Waals surface area contributed by atoms with E-state index < -0.39 is 29.6 Å². The lowest BCUT2D eigenvalue weighted by Gasteiger charge is -2.24. The first-order chi connectivity index (χ1) is 10.0. The van der Waals surface area contributed by atoms with E-state index >= 15 is 0 Å². The van der Waals surface area contributed by atoms with Crippen molar-refractivity contribution >= 4 is 17.8 Å². The number of carboxylic acid groups (broad SMARTS) is 1. The number of amides is 2. The molecular weight excluding hydrogens is 276 g/mol. The molecule has 0 aromatic carbocycles. The zero-order valence-corrected chi connectivity index (χ0v) is 11.5. The van der Waals surface area contributed by atoms with E-state index in [1.165, 1.54) is 12.3 Å². The van der Waals surface area contributed by atoms with E-state index in [4.69, 9.17) is 9.52 Å². The largest absolute Gasteiger partial charge is 0.481 e. The number of carbonyl (C=O) groups excluding carboxylic acids is 2. The fourth-order valence-corrected chi connectivity index (χ4v) is 2.28. The first-order valence-electron chi connectivity index (χ1n) is 6.52. The van der Waals surface area contributed by atoms with Gasteiger partial charge in [0.25, 0.3) is 5.91 Å². The lowest BCUT2D eigenvalue weighted by molar-refractivity contribution is -0.147. The van der Waals surface area contributed by atoms with Crippen LogP contribution in [0.25, 0.3) is 0 Å². The van der Waals surface area contributed by atoms with Crippen molar-refractivity contribution in [3.05, 3.63) is 35.8 Å². The van der Waals surface area contributed by atoms with Gasteiger partial charge in [-0.2, -0.15) is 0 Å². The van der Waals surface area contributed by atoms with Crippen LogP contribution < -0.4 is 10.9 Å². The van der Waals surface area contributed by atoms with Gasteiger partial charge in [0.05, 0.1) is 23.7 Å². The van der Waals surface area contributed by atoms with E-state index in [1.54, 1.807) is 19.1 Å². The molecular formula is C14H16N2O5. The van der Waals surface area contributed by atoms with Crippen LogP contribution in [0.1, 0.15) is 29.0 Å². The van der Waals surface area contributed by atoms with Gasteiger partial charge in [-0.25, -0.2) is 0 Å². The SMILES string of the molecule is Cc1occc1C(=O)NNC(=O)C1CC=CCC1C(=O)O. The number of aryl methyl sites for hydroxylation is 1. The second-order valence-electron chi connectivity index (χ2n) is 4.83. The molecule has 1 aromatic rings. The van der Waals surface area contributed by atoms with Crippen LogP contribution in [-0.4, -0.2) is 22.9 Å². The number of hydrogen-bond donors (Lipinski definition) is 3. The Balaban J connectivity index is 1.95. The zero-order valence-electron chi connectivity index (χ0n) is 11.5. The van der Waals surface area contributed by atoms with Crippen molar-refractivity contribution in [3.8, 4) is 0 Å². The molecule has 1 aliphatic rings. The summed E-state index contributed by atoms with van der Waals surface area (Å²) < 4.78 is 5.00. The molecule has 0 saturated carbocycles. The normalized spacial score (nSPS) is 20.8. The molecule has 0 aliphatic heterocycles. The van der Waals surface area contributed by atoms with E-state index in [-0.39, 0.29) is 0 Å². The molecule has 7 nitrogen and oxygen atoms in total. The number of hydrazine groups is 1. The van der Waals surface area contributed by atoms with Crippen LogP contribution in [0.15, 0.2) is 28.9 Å². The van der Waals surface area contributed by atoms with Crippen molar-refractivity contribution < 1.29 is 23.9 Å². The van der Waals surface area contributed by atoms with Crippen molar-refractivity contribution in [2.75, 3.05) is 0 Å². The van der Waals surface area contributed by atoms with Gasteiger partial charge in [-0.05, 0) is 25.8 Å². The second kappa shape index (κ2) is 6.25. The molecule has 0 spiro atoms. The third-order valence-electron chi connectivity index (χ3n) is 3.49. The highest BCUT2D eigenvalue weighted by Gasteiger charge is 2.34. The lowest BCUT2D eigenvalue weighted by Crippen LogP contribution is -2.47. The molecule has 0 bridgehead atoms. The summed E-state index contributed by atoms with van der Waals surface area (Å²) in [5.41, 5.74) is 4.86. The number of carboxylic acids is 1. The summed E-state index contributed by atoms with van der Waals surface area (Å²) in [5, 5.41) is 9.11. The number of hydrogen-bond acceptors (Lipinski definition) is 4. The fraction of sp³-hybridized carbons (Fsp3) is 0.357. The maximum atomic E-state index is 12.0. The molecule has 1 aromatic heterocycles. The van der Waals surface area contributed by atoms with Crippen LogP contribution in [0.5, 0.6) is 0 Å². The summed E-state index contributed by atoms with van der Waals surface area (Å²) in [6.45, 7) is 1.63. The number of furan rings is 1. The van der Waals surface area contributed by atoms with Gasteiger partial charge in [-0.15, -0.1) is 0 Å². The quantitative estimate of drug-likeness (QED) is 0.569. The van der Waals surface area contributed by atoms with E-state index in [0.717, 1.165) is 0 Å². The average Bonchev–Trinajstić information content (AvgIpc) is 2.90. The van der Waals surface area contributed by atoms with Gasteiger partial charge >= 0.3 is 5.97 Å². The maximum Gasteiger partial charge on any atom is 0.307 e. The molecule has 2 unspecified atom stereocenters. The smallest absolute Gasteiger partial charge is 0.307 e. The third kappa shape index (κ3) is 3.31. The van der Waals surface area contributed by atoms with Crippen molar-refractivity contribution in [2.24, 2.45) is 11.8 Å². The summed E-state index contributed by atoms with van der Waals surface area (Å²) in [7, 11) is 0. The Morgan fingerprint density at radius 1 is 1.19 bits per heavy atom. The first-order valence-corrected chi connectivity index (χ1v) is 6.52. The minimum absolute atomic E-state index is 0.308. The highest BCUT2D eigenvalue weighted by atomic mass is 16.4. The minimum atomic E-state index is -1.02. The molecule has 0 fully saturated rings. The predicted octanol–water partition coefficient (Wildman–Crippen LogP) is 1.02. The summed E-state index contributed by atoms with van der Waals surface area (Å²) in [6, 6.07) is 1.49. The van der Waals surface area contributed by atoms with Gasteiger partial charge < -0.3 is 9.52 Å². The van der Waals surface area contributed by atoms with Gasteiger partial charge in [0.15, 0.2) is 0 Å². The van der Waals surface area contributed by atoms with Gasteiger partial charge in [0, 0.05) is 0 Å². The Labute approximate surface area is 121 Å². The molecule has 1 heterocycles. The van der Waals surface area contributed by atoms with Crippen LogP contribution in [0.2, 0.25) is 0 Å². The van der Waals surface area contributed by atoms with Crippen LogP contribution >= 0.6 is 0 Å². The number of nitrogens with one attached hydrogen (secondary N) is 2. The minimum Gasteiger partial charge on any atom is -0.481 e. The number of aliphatic carboxylic acids is 1. The van der Waals surface area contributed by atoms with Crippen LogP contribution in [0, 0.1) is 18.8 Å². The molecule has 7 heteroatoms. The molecule has 2 amide bonds. The highest BCUT2D eigenvalue weighted by molar-refractivity contribution is 5.96. The lowest BCUT2D eigenvalue weighted by atomic mass is 9.82. The second-order valence-corrected chi connectivity index (χ2v) is 4.83. The molecule has 2 atom stereocenters. The predicted molar refractivity (Wildman–Crippen MR) is 72.0 cm³/mol. The number of allylic oxidation sites excluding steroid dienone is 2. The summed E-state index contributed by atoms with van der Waals surface area (Å²) in [6.07, 6.45) is 5.53. The van der Waals surface area contributed by atoms with E-state index in [9.17, 15) is 14.4 Å². The molecule has 3 N–H and O–H groups in total. The Hall–Kier alpha value is -2.57. The van der Waals surface area contributed by atoms with Crippen molar-refractivity contribution in [3.63, 3.8) is 0 Å². The van der Waals surface area contributed by atoms with E-state index in [1.807, 2.05) is 0 Å². The Kier molecular flexibility index (Phi) is 4.42. The van der Waals surface area contributed by atoms with Gasteiger partial charge in [-0.1, -0.05) is 12.2 Å². The summed E-state index contributed by atoms with van der Waals surface area (Å²) in [5.74, 6) is -3.07. The molecule has 2 rings (SSSR count). The molecule has 112 valence electrons. The van der Waals surface area contributed by atoms with E-state index in [0.29, 0.717) is 24.2 Å². The molecule has 21 heavy (non-hydrogen) atoms. The fourth-order valence-electron chi connectivity index (χ4n) is 2.28. The van der Waals surface area contributed by atoms with Crippen molar-refractivity contribution in [1.29, 1.82) is 0 Å². The van der Waals surface area contributed by atoms with Crippen molar-refractivity contribution in [1.82, 2.24) is 10.9 Å². The maximum absolute atomic E-state index is 12.0. The van der Waals surface area contributed by atoms with Gasteiger partial charge in [-0.3, -0.25) is 25.2 Å². The summed E-state index contributed by atoms with van der Waals surface area (Å²) in [4.78, 5) is 35.0. The summed E-state index contributed by atoms with van der Waals surface area (Å²) >= 11 is 0. The van der Waals surface area contributed by atoms with Gasteiger partial charge in [0.2, 0.25) is 5.91 Å². The number of rotatable bonds is 3. The molecule has 0 saturated heterocycles. The Morgan fingerprint density at radius 3 is 2.43 bits per heavy atom. The monoisotopic (exact) mass is 292 g/mol. The standard InChI is InChI=1S/C14H16N2O5/c1-8-9(6-7-21-8)12(17)15-16-13(18)10-4-2-3-5-11(10)14(19)20/h2-3,6-7,10-11H,4-5H2,1H3,(H,15,17)(H,16,18)(H,19,20). The third-order valence-corrected chi connectivity index (χ3v) is 3.49. The van der Waals surface area contributed by atoms with Crippen molar-refractivity contribution in [2.45, 2.75) is 19.8 Å². The van der Waals surface area contributed by atoms with Gasteiger partial charge in [0.1, 0.15) is 5.76 Å².